The van der Waals surface area contributed by atoms with Crippen LogP contribution in [0.25, 0.3) is 16.6 Å². The van der Waals surface area contributed by atoms with Crippen molar-refractivity contribution in [3.63, 3.8) is 0 Å². The average Bonchev–Trinajstić information content (AvgIpc) is 2.74. The summed E-state index contributed by atoms with van der Waals surface area (Å²) in [6.45, 7) is 0. The minimum Gasteiger partial charge on any atom is -0.317 e. The third-order valence-corrected chi connectivity index (χ3v) is 2.62. The summed E-state index contributed by atoms with van der Waals surface area (Å²) in [4.78, 5) is 0. The second-order valence-corrected chi connectivity index (χ2v) is 3.63. The number of fused-ring (bicyclic) bond motifs is 1. The van der Waals surface area contributed by atoms with Gasteiger partial charge in [-0.3, -0.25) is 0 Å². The summed E-state index contributed by atoms with van der Waals surface area (Å²) in [6.07, 6.45) is 1.97. The van der Waals surface area contributed by atoms with E-state index >= 15 is 0 Å². The van der Waals surface area contributed by atoms with Gasteiger partial charge in [0.2, 0.25) is 0 Å². The van der Waals surface area contributed by atoms with Gasteiger partial charge in [-0.15, -0.1) is 0 Å². The maximum atomic E-state index is 12.8. The maximum absolute atomic E-state index is 12.8. The summed E-state index contributed by atoms with van der Waals surface area (Å²) >= 11 is 0. The van der Waals surface area contributed by atoms with Crippen LogP contribution >= 0.6 is 0 Å². The van der Waals surface area contributed by atoms with Crippen molar-refractivity contribution in [3.8, 4) is 5.69 Å². The molecule has 0 aliphatic heterocycles. The Balaban J connectivity index is 2.22. The van der Waals surface area contributed by atoms with Crippen molar-refractivity contribution in [2.24, 2.45) is 0 Å². The fourth-order valence-electron chi connectivity index (χ4n) is 1.84. The van der Waals surface area contributed by atoms with E-state index in [9.17, 15) is 4.39 Å². The van der Waals surface area contributed by atoms with Crippen LogP contribution in [0.3, 0.4) is 0 Å². The monoisotopic (exact) mass is 210 g/mol. The molecule has 1 heterocycles. The van der Waals surface area contributed by atoms with E-state index in [4.69, 9.17) is 0 Å². The summed E-state index contributed by atoms with van der Waals surface area (Å²) in [5.74, 6) is -0.216. The Morgan fingerprint density at radius 2 is 1.81 bits per heavy atom. The molecule has 0 saturated carbocycles. The first kappa shape index (κ1) is 9.16. The first-order valence-electron chi connectivity index (χ1n) is 5.08. The lowest BCUT2D eigenvalue weighted by molar-refractivity contribution is 0.627. The van der Waals surface area contributed by atoms with Gasteiger partial charge in [-0.1, -0.05) is 12.1 Å². The van der Waals surface area contributed by atoms with Crippen molar-refractivity contribution < 1.29 is 4.39 Å². The largest absolute Gasteiger partial charge is 0.317 e. The minimum atomic E-state index is -0.216. The van der Waals surface area contributed by atoms with Crippen molar-refractivity contribution in [1.82, 2.24) is 4.57 Å². The molecule has 0 atom stereocenters. The normalized spacial score (nSPS) is 10.8. The Kier molecular flexibility index (Phi) is 2.00. The van der Waals surface area contributed by atoms with Crippen LogP contribution in [0.1, 0.15) is 0 Å². The van der Waals surface area contributed by atoms with Gasteiger partial charge in [0.15, 0.2) is 0 Å². The van der Waals surface area contributed by atoms with Crippen molar-refractivity contribution in [2.45, 2.75) is 0 Å². The summed E-state index contributed by atoms with van der Waals surface area (Å²) in [5.41, 5.74) is 2.03. The highest BCUT2D eigenvalue weighted by Gasteiger charge is 2.02. The van der Waals surface area contributed by atoms with E-state index in [-0.39, 0.29) is 5.82 Å². The Labute approximate surface area is 92.8 Å². The summed E-state index contributed by atoms with van der Waals surface area (Å²) in [6, 6.07) is 17.5. The third-order valence-electron chi connectivity index (χ3n) is 2.62. The molecule has 1 radical (unpaired) electrons. The highest BCUT2D eigenvalue weighted by atomic mass is 19.1. The van der Waals surface area contributed by atoms with Crippen LogP contribution in [0.15, 0.2) is 54.7 Å². The van der Waals surface area contributed by atoms with Gasteiger partial charge in [0.25, 0.3) is 0 Å². The maximum Gasteiger partial charge on any atom is 0.123 e. The molecule has 0 unspecified atom stereocenters. The number of halogens is 1. The lowest BCUT2D eigenvalue weighted by Gasteiger charge is -2.04. The second kappa shape index (κ2) is 3.49. The second-order valence-electron chi connectivity index (χ2n) is 3.63. The molecule has 2 aromatic carbocycles. The number of hydrogen-bond acceptors (Lipinski definition) is 0. The fraction of sp³-hybridized carbons (Fsp3) is 0. The zero-order valence-electron chi connectivity index (χ0n) is 8.52. The van der Waals surface area contributed by atoms with E-state index < -0.39 is 0 Å². The molecule has 0 aliphatic rings. The van der Waals surface area contributed by atoms with Crippen LogP contribution in [0.2, 0.25) is 0 Å². The molecule has 0 spiro atoms. The standard InChI is InChI=1S/C14H9FN/c15-12-5-7-13(8-6-12)16-10-9-11-3-1-2-4-14(11)16/h1-2,4-10H. The molecule has 77 valence electrons. The molecule has 1 nitrogen and oxygen atoms in total. The molecule has 0 bridgehead atoms. The molecule has 1 aromatic heterocycles. The van der Waals surface area contributed by atoms with Crippen LogP contribution in [0.4, 0.5) is 4.39 Å². The van der Waals surface area contributed by atoms with E-state index in [1.165, 1.54) is 12.1 Å². The molecule has 0 N–H and O–H groups in total. The highest BCUT2D eigenvalue weighted by molar-refractivity contribution is 5.81. The lowest BCUT2D eigenvalue weighted by atomic mass is 10.2. The number of hydrogen-bond donors (Lipinski definition) is 0. The SMILES string of the molecule is Fc1ccc(-n2ccc3[c]cccc32)cc1. The van der Waals surface area contributed by atoms with Crippen LogP contribution in [0.5, 0.6) is 0 Å². The quantitative estimate of drug-likeness (QED) is 0.578. The number of benzene rings is 2. The van der Waals surface area contributed by atoms with Crippen LogP contribution in [-0.4, -0.2) is 4.57 Å². The zero-order valence-corrected chi connectivity index (χ0v) is 8.52. The van der Waals surface area contributed by atoms with Gasteiger partial charge in [-0.2, -0.15) is 0 Å². The van der Waals surface area contributed by atoms with E-state index in [0.29, 0.717) is 0 Å². The lowest BCUT2D eigenvalue weighted by Crippen LogP contribution is -1.91. The summed E-state index contributed by atoms with van der Waals surface area (Å²) in [5, 5.41) is 1.06. The first-order chi connectivity index (χ1) is 7.84. The van der Waals surface area contributed by atoms with Crippen molar-refractivity contribution >= 4 is 10.9 Å². The van der Waals surface area contributed by atoms with Crippen LogP contribution in [0, 0.1) is 11.9 Å². The first-order valence-corrected chi connectivity index (χ1v) is 5.08. The fourth-order valence-corrected chi connectivity index (χ4v) is 1.84. The topological polar surface area (TPSA) is 4.93 Å². The summed E-state index contributed by atoms with van der Waals surface area (Å²) < 4.78 is 14.8. The Morgan fingerprint density at radius 1 is 1.00 bits per heavy atom. The van der Waals surface area contributed by atoms with Gasteiger partial charge in [0.1, 0.15) is 5.82 Å². The van der Waals surface area contributed by atoms with Gasteiger partial charge in [-0.05, 0) is 42.5 Å². The molecule has 16 heavy (non-hydrogen) atoms. The number of nitrogens with zero attached hydrogens (tertiary/aromatic N) is 1. The van der Waals surface area contributed by atoms with Crippen LogP contribution < -0.4 is 0 Å². The minimum absolute atomic E-state index is 0.216. The van der Waals surface area contributed by atoms with Crippen molar-refractivity contribution in [3.05, 3.63) is 66.6 Å². The molecule has 3 rings (SSSR count). The van der Waals surface area contributed by atoms with Gasteiger partial charge in [-0.25, -0.2) is 4.39 Å². The molecule has 0 fully saturated rings. The predicted octanol–water partition coefficient (Wildman–Crippen LogP) is 3.57. The van der Waals surface area contributed by atoms with Gasteiger partial charge >= 0.3 is 0 Å². The van der Waals surface area contributed by atoms with E-state index in [0.717, 1.165) is 16.6 Å². The molecule has 0 amide bonds. The molecule has 0 saturated heterocycles. The van der Waals surface area contributed by atoms with Crippen molar-refractivity contribution in [1.29, 1.82) is 0 Å². The number of aromatic nitrogens is 1. The van der Waals surface area contributed by atoms with Gasteiger partial charge in [0.05, 0.1) is 5.52 Å². The smallest absolute Gasteiger partial charge is 0.123 e. The van der Waals surface area contributed by atoms with Gasteiger partial charge in [0, 0.05) is 17.3 Å². The van der Waals surface area contributed by atoms with E-state index in [1.807, 2.05) is 35.0 Å². The molecule has 0 aliphatic carbocycles. The van der Waals surface area contributed by atoms with E-state index in [2.05, 4.69) is 6.07 Å². The van der Waals surface area contributed by atoms with Crippen LogP contribution in [-0.2, 0) is 0 Å². The van der Waals surface area contributed by atoms with E-state index in [1.54, 1.807) is 12.1 Å². The Morgan fingerprint density at radius 3 is 2.62 bits per heavy atom. The molecular weight excluding hydrogens is 201 g/mol. The Hall–Kier alpha value is -2.09. The third kappa shape index (κ3) is 1.39. The summed E-state index contributed by atoms with van der Waals surface area (Å²) in [7, 11) is 0. The average molecular weight is 210 g/mol. The van der Waals surface area contributed by atoms with Gasteiger partial charge < -0.3 is 4.57 Å². The Bertz CT molecular complexity index is 623. The predicted molar refractivity (Wildman–Crippen MR) is 62.1 cm³/mol. The zero-order chi connectivity index (χ0) is 11.0. The molecule has 2 heteroatoms. The highest BCUT2D eigenvalue weighted by Crippen LogP contribution is 2.19. The number of rotatable bonds is 1. The molecular formula is C14H9FN. The van der Waals surface area contributed by atoms with Crippen molar-refractivity contribution in [2.75, 3.05) is 0 Å². The molecule has 3 aromatic rings.